The van der Waals surface area contributed by atoms with Crippen molar-refractivity contribution in [2.45, 2.75) is 13.3 Å². The van der Waals surface area contributed by atoms with E-state index in [-0.39, 0.29) is 17.2 Å². The van der Waals surface area contributed by atoms with Crippen LogP contribution in [-0.2, 0) is 16.4 Å². The summed E-state index contributed by atoms with van der Waals surface area (Å²) in [7, 11) is -3.52. The van der Waals surface area contributed by atoms with Gasteiger partial charge in [-0.05, 0) is 36.8 Å². The van der Waals surface area contributed by atoms with Crippen molar-refractivity contribution < 1.29 is 13.5 Å². The summed E-state index contributed by atoms with van der Waals surface area (Å²) >= 11 is 0. The Balaban J connectivity index is 2.04. The molecule has 106 valence electrons. The van der Waals surface area contributed by atoms with Gasteiger partial charge in [0.1, 0.15) is 5.75 Å². The first-order valence-corrected chi connectivity index (χ1v) is 7.81. The summed E-state index contributed by atoms with van der Waals surface area (Å²) in [6.45, 7) is 1.82. The second kappa shape index (κ2) is 5.92. The van der Waals surface area contributed by atoms with E-state index in [2.05, 4.69) is 9.71 Å². The van der Waals surface area contributed by atoms with Crippen LogP contribution in [0.2, 0.25) is 0 Å². The Hall–Kier alpha value is -2.08. The van der Waals surface area contributed by atoms with Crippen LogP contribution in [0.4, 0.5) is 5.69 Å². The third-order valence-electron chi connectivity index (χ3n) is 2.77. The van der Waals surface area contributed by atoms with Gasteiger partial charge >= 0.3 is 0 Å². The zero-order valence-electron chi connectivity index (χ0n) is 11.1. The minimum absolute atomic E-state index is 0.0774. The minimum atomic E-state index is -3.52. The molecule has 0 fully saturated rings. The number of aromatic nitrogens is 1. The van der Waals surface area contributed by atoms with E-state index in [1.165, 1.54) is 6.07 Å². The molecule has 1 heterocycles. The lowest BCUT2D eigenvalue weighted by molar-refractivity contribution is 0.477. The van der Waals surface area contributed by atoms with Crippen molar-refractivity contribution in [3.05, 3.63) is 53.9 Å². The van der Waals surface area contributed by atoms with Gasteiger partial charge in [0.2, 0.25) is 10.0 Å². The first-order chi connectivity index (χ1) is 9.46. The summed E-state index contributed by atoms with van der Waals surface area (Å²) in [6.07, 6.45) is 1.95. The Morgan fingerprint density at radius 1 is 1.25 bits per heavy atom. The van der Waals surface area contributed by atoms with E-state index in [0.29, 0.717) is 12.1 Å². The molecule has 1 aromatic heterocycles. The number of sulfonamides is 1. The molecular formula is C14H16N2O3S. The van der Waals surface area contributed by atoms with Crippen LogP contribution in [0, 0.1) is 6.92 Å². The number of nitrogens with one attached hydrogen (secondary N) is 1. The molecule has 0 aliphatic heterocycles. The largest absolute Gasteiger partial charge is 0.506 e. The molecule has 2 rings (SSSR count). The van der Waals surface area contributed by atoms with Crippen molar-refractivity contribution in [2.24, 2.45) is 0 Å². The van der Waals surface area contributed by atoms with Crippen LogP contribution < -0.4 is 4.72 Å². The number of benzene rings is 1. The number of anilines is 1. The second-order valence-corrected chi connectivity index (χ2v) is 6.35. The molecule has 0 atom stereocenters. The molecule has 20 heavy (non-hydrogen) atoms. The predicted octanol–water partition coefficient (Wildman–Crippen LogP) is 2.08. The molecule has 0 unspecified atom stereocenters. The molecule has 2 N–H and O–H groups in total. The summed E-state index contributed by atoms with van der Waals surface area (Å²) in [5.41, 5.74) is 1.77. The fourth-order valence-electron chi connectivity index (χ4n) is 1.73. The van der Waals surface area contributed by atoms with Crippen LogP contribution in [0.3, 0.4) is 0 Å². The van der Waals surface area contributed by atoms with Crippen molar-refractivity contribution in [1.29, 1.82) is 0 Å². The van der Waals surface area contributed by atoms with Gasteiger partial charge in [0.25, 0.3) is 0 Å². The number of aromatic hydroxyl groups is 1. The fourth-order valence-corrected chi connectivity index (χ4v) is 2.82. The number of hydrogen-bond donors (Lipinski definition) is 2. The van der Waals surface area contributed by atoms with Crippen LogP contribution in [0.5, 0.6) is 5.75 Å². The molecular weight excluding hydrogens is 276 g/mol. The first kappa shape index (κ1) is 14.3. The average molecular weight is 292 g/mol. The highest BCUT2D eigenvalue weighted by Crippen LogP contribution is 2.24. The van der Waals surface area contributed by atoms with Gasteiger partial charge in [-0.2, -0.15) is 0 Å². The molecule has 6 heteroatoms. The minimum Gasteiger partial charge on any atom is -0.506 e. The summed E-state index contributed by atoms with van der Waals surface area (Å²) < 4.78 is 26.3. The van der Waals surface area contributed by atoms with E-state index < -0.39 is 10.0 Å². The molecule has 0 spiro atoms. The van der Waals surface area contributed by atoms with Crippen LogP contribution in [0.25, 0.3) is 0 Å². The lowest BCUT2D eigenvalue weighted by Gasteiger charge is -2.09. The monoisotopic (exact) mass is 292 g/mol. The number of nitrogens with zero attached hydrogens (tertiary/aromatic N) is 1. The first-order valence-electron chi connectivity index (χ1n) is 6.16. The maximum Gasteiger partial charge on any atom is 0.233 e. The molecule has 0 saturated carbocycles. The quantitative estimate of drug-likeness (QED) is 0.827. The lowest BCUT2D eigenvalue weighted by atomic mass is 10.2. The molecule has 0 bridgehead atoms. The Labute approximate surface area is 118 Å². The second-order valence-electron chi connectivity index (χ2n) is 4.51. The smallest absolute Gasteiger partial charge is 0.233 e. The molecule has 0 saturated heterocycles. The summed E-state index contributed by atoms with van der Waals surface area (Å²) in [4.78, 5) is 4.08. The van der Waals surface area contributed by atoms with Crippen molar-refractivity contribution >= 4 is 15.7 Å². The number of hydrogen-bond acceptors (Lipinski definition) is 4. The molecule has 5 nitrogen and oxygen atoms in total. The van der Waals surface area contributed by atoms with Gasteiger partial charge in [-0.15, -0.1) is 0 Å². The normalized spacial score (nSPS) is 11.2. The summed E-state index contributed by atoms with van der Waals surface area (Å²) in [6, 6.07) is 10.2. The molecule has 0 aliphatic carbocycles. The van der Waals surface area contributed by atoms with Gasteiger partial charge in [0.15, 0.2) is 0 Å². The van der Waals surface area contributed by atoms with Gasteiger partial charge in [0.05, 0.1) is 11.4 Å². The number of phenolic OH excluding ortho intramolecular Hbond substituents is 1. The standard InChI is InChI=1S/C14H16N2O3S/c1-11-5-6-13(14(17)10-11)16-20(18,19)9-7-12-4-2-3-8-15-12/h2-6,8,10,16-17H,7,9H2,1H3. The van der Waals surface area contributed by atoms with Gasteiger partial charge in [-0.1, -0.05) is 12.1 Å². The summed E-state index contributed by atoms with van der Waals surface area (Å²) in [5, 5.41) is 9.70. The van der Waals surface area contributed by atoms with Gasteiger partial charge in [0, 0.05) is 18.3 Å². The Morgan fingerprint density at radius 2 is 2.05 bits per heavy atom. The van der Waals surface area contributed by atoms with E-state index >= 15 is 0 Å². The Bertz CT molecular complexity index is 685. The van der Waals surface area contributed by atoms with Gasteiger partial charge in [-0.3, -0.25) is 9.71 Å². The molecule has 0 radical (unpaired) electrons. The van der Waals surface area contributed by atoms with Crippen LogP contribution in [0.15, 0.2) is 42.6 Å². The van der Waals surface area contributed by atoms with Crippen LogP contribution in [0.1, 0.15) is 11.3 Å². The van der Waals surface area contributed by atoms with Crippen molar-refractivity contribution in [1.82, 2.24) is 4.98 Å². The SMILES string of the molecule is Cc1ccc(NS(=O)(=O)CCc2ccccn2)c(O)c1. The van der Waals surface area contributed by atoms with Gasteiger partial charge in [-0.25, -0.2) is 8.42 Å². The maximum atomic E-state index is 12.0. The van der Waals surface area contributed by atoms with E-state index in [4.69, 9.17) is 0 Å². The van der Waals surface area contributed by atoms with Crippen LogP contribution in [-0.4, -0.2) is 24.3 Å². The van der Waals surface area contributed by atoms with Crippen molar-refractivity contribution in [3.63, 3.8) is 0 Å². The predicted molar refractivity (Wildman–Crippen MR) is 78.2 cm³/mol. The molecule has 1 aromatic carbocycles. The average Bonchev–Trinajstić information content (AvgIpc) is 2.41. The molecule has 0 aliphatic rings. The number of rotatable bonds is 5. The Morgan fingerprint density at radius 3 is 2.70 bits per heavy atom. The topological polar surface area (TPSA) is 79.3 Å². The fraction of sp³-hybridized carbons (Fsp3) is 0.214. The molecule has 0 amide bonds. The summed E-state index contributed by atoms with van der Waals surface area (Å²) in [5.74, 6) is -0.163. The zero-order valence-corrected chi connectivity index (χ0v) is 11.9. The number of phenols is 1. The number of aryl methyl sites for hydroxylation is 2. The third kappa shape index (κ3) is 3.96. The zero-order chi connectivity index (χ0) is 14.6. The maximum absolute atomic E-state index is 12.0. The lowest BCUT2D eigenvalue weighted by Crippen LogP contribution is -2.18. The molecule has 2 aromatic rings. The number of pyridine rings is 1. The van der Waals surface area contributed by atoms with E-state index in [0.717, 1.165) is 5.56 Å². The van der Waals surface area contributed by atoms with E-state index in [9.17, 15) is 13.5 Å². The highest BCUT2D eigenvalue weighted by atomic mass is 32.2. The van der Waals surface area contributed by atoms with Crippen LogP contribution >= 0.6 is 0 Å². The third-order valence-corrected chi connectivity index (χ3v) is 4.04. The van der Waals surface area contributed by atoms with E-state index in [1.54, 1.807) is 30.5 Å². The van der Waals surface area contributed by atoms with E-state index in [1.807, 2.05) is 13.0 Å². The van der Waals surface area contributed by atoms with Crippen molar-refractivity contribution in [2.75, 3.05) is 10.5 Å². The highest BCUT2D eigenvalue weighted by molar-refractivity contribution is 7.92. The van der Waals surface area contributed by atoms with Crippen molar-refractivity contribution in [3.8, 4) is 5.75 Å². The van der Waals surface area contributed by atoms with Gasteiger partial charge < -0.3 is 5.11 Å². The highest BCUT2D eigenvalue weighted by Gasteiger charge is 2.13. The Kier molecular flexibility index (Phi) is 4.24.